The van der Waals surface area contributed by atoms with Crippen molar-refractivity contribution in [2.24, 2.45) is 5.92 Å². The molecule has 0 saturated heterocycles. The molecule has 0 amide bonds. The molecule has 0 aromatic heterocycles. The highest BCUT2D eigenvalue weighted by Crippen LogP contribution is 2.28. The van der Waals surface area contributed by atoms with Crippen molar-refractivity contribution >= 4 is 15.9 Å². The smallest absolute Gasteiger partial charge is 0.133 e. The Balaban J connectivity index is 1.62. The summed E-state index contributed by atoms with van der Waals surface area (Å²) in [5, 5.41) is 0. The van der Waals surface area contributed by atoms with E-state index >= 15 is 0 Å². The van der Waals surface area contributed by atoms with Crippen LogP contribution >= 0.6 is 15.9 Å². The molecule has 0 bridgehead atoms. The fourth-order valence-corrected chi connectivity index (χ4v) is 3.08. The number of benzene rings is 2. The molecule has 0 N–H and O–H groups in total. The van der Waals surface area contributed by atoms with Gasteiger partial charge in [-0.2, -0.15) is 0 Å². The molecular weight excluding hydrogens is 300 g/mol. The zero-order chi connectivity index (χ0) is 13.1. The maximum Gasteiger partial charge on any atom is 0.133 e. The van der Waals surface area contributed by atoms with Gasteiger partial charge in [0.15, 0.2) is 0 Å². The number of aryl methyl sites for hydroxylation is 1. The molecule has 98 valence electrons. The van der Waals surface area contributed by atoms with Crippen LogP contribution in [-0.4, -0.2) is 6.61 Å². The van der Waals surface area contributed by atoms with Gasteiger partial charge in [0.1, 0.15) is 5.75 Å². The third-order valence-electron chi connectivity index (χ3n) is 3.76. The molecule has 0 saturated carbocycles. The molecule has 0 radical (unpaired) electrons. The molecular formula is C17H17BrO. The van der Waals surface area contributed by atoms with Gasteiger partial charge < -0.3 is 4.74 Å². The molecule has 0 spiro atoms. The van der Waals surface area contributed by atoms with Crippen LogP contribution in [0.25, 0.3) is 0 Å². The third kappa shape index (κ3) is 3.01. The standard InChI is InChI=1S/C17H17BrO/c18-16-7-3-4-8-17(16)19-12-13-9-10-14-5-1-2-6-15(14)11-13/h1-8,13H,9-12H2. The summed E-state index contributed by atoms with van der Waals surface area (Å²) in [4.78, 5) is 0. The van der Waals surface area contributed by atoms with Gasteiger partial charge in [0.05, 0.1) is 11.1 Å². The minimum atomic E-state index is 0.627. The van der Waals surface area contributed by atoms with Gasteiger partial charge in [0.2, 0.25) is 0 Å². The molecule has 1 aliphatic rings. The van der Waals surface area contributed by atoms with Gasteiger partial charge in [-0.1, -0.05) is 36.4 Å². The van der Waals surface area contributed by atoms with Crippen molar-refractivity contribution in [1.29, 1.82) is 0 Å². The second-order valence-electron chi connectivity index (χ2n) is 5.12. The average molecular weight is 317 g/mol. The number of ether oxygens (including phenoxy) is 1. The summed E-state index contributed by atoms with van der Waals surface area (Å²) in [6.07, 6.45) is 3.54. The number of hydrogen-bond acceptors (Lipinski definition) is 1. The van der Waals surface area contributed by atoms with Crippen molar-refractivity contribution < 1.29 is 4.74 Å². The number of fused-ring (bicyclic) bond motifs is 1. The van der Waals surface area contributed by atoms with Crippen LogP contribution in [0.5, 0.6) is 5.75 Å². The van der Waals surface area contributed by atoms with Crippen molar-refractivity contribution in [1.82, 2.24) is 0 Å². The van der Waals surface area contributed by atoms with Crippen molar-refractivity contribution in [2.45, 2.75) is 19.3 Å². The first-order valence-electron chi connectivity index (χ1n) is 6.77. The van der Waals surface area contributed by atoms with E-state index in [1.807, 2.05) is 24.3 Å². The molecule has 1 unspecified atom stereocenters. The average Bonchev–Trinajstić information content (AvgIpc) is 2.46. The molecule has 2 aromatic carbocycles. The summed E-state index contributed by atoms with van der Waals surface area (Å²) >= 11 is 3.52. The summed E-state index contributed by atoms with van der Waals surface area (Å²) in [5.74, 6) is 1.57. The molecule has 0 fully saturated rings. The summed E-state index contributed by atoms with van der Waals surface area (Å²) in [6, 6.07) is 16.8. The lowest BCUT2D eigenvalue weighted by Gasteiger charge is -2.24. The summed E-state index contributed by atoms with van der Waals surface area (Å²) < 4.78 is 6.98. The first-order valence-corrected chi connectivity index (χ1v) is 7.56. The molecule has 1 nitrogen and oxygen atoms in total. The minimum Gasteiger partial charge on any atom is -0.492 e. The number of hydrogen-bond donors (Lipinski definition) is 0. The zero-order valence-electron chi connectivity index (χ0n) is 10.8. The molecule has 1 atom stereocenters. The Labute approximate surface area is 122 Å². The van der Waals surface area contributed by atoms with E-state index in [2.05, 4.69) is 40.2 Å². The Bertz CT molecular complexity index is 565. The van der Waals surface area contributed by atoms with Crippen LogP contribution in [-0.2, 0) is 12.8 Å². The van der Waals surface area contributed by atoms with Gasteiger partial charge in [0.25, 0.3) is 0 Å². The van der Waals surface area contributed by atoms with Crippen molar-refractivity contribution in [2.75, 3.05) is 6.61 Å². The lowest BCUT2D eigenvalue weighted by Crippen LogP contribution is -2.20. The maximum atomic E-state index is 5.94. The monoisotopic (exact) mass is 316 g/mol. The number of halogens is 1. The van der Waals surface area contributed by atoms with E-state index in [9.17, 15) is 0 Å². The van der Waals surface area contributed by atoms with Crippen LogP contribution in [0.4, 0.5) is 0 Å². The highest BCUT2D eigenvalue weighted by atomic mass is 79.9. The lowest BCUT2D eigenvalue weighted by atomic mass is 9.84. The fraction of sp³-hybridized carbons (Fsp3) is 0.294. The Kier molecular flexibility index (Phi) is 3.88. The molecule has 3 rings (SSSR count). The molecule has 2 aromatic rings. The molecule has 2 heteroatoms. The first-order chi connectivity index (χ1) is 9.33. The largest absolute Gasteiger partial charge is 0.492 e. The van der Waals surface area contributed by atoms with E-state index < -0.39 is 0 Å². The fourth-order valence-electron chi connectivity index (χ4n) is 2.68. The van der Waals surface area contributed by atoms with Gasteiger partial charge in [-0.15, -0.1) is 0 Å². The lowest BCUT2D eigenvalue weighted by molar-refractivity contribution is 0.233. The van der Waals surface area contributed by atoms with E-state index in [1.54, 1.807) is 0 Å². The Morgan fingerprint density at radius 1 is 1.00 bits per heavy atom. The van der Waals surface area contributed by atoms with E-state index in [0.717, 1.165) is 23.2 Å². The number of rotatable bonds is 3. The second kappa shape index (κ2) is 5.79. The molecule has 1 aliphatic carbocycles. The zero-order valence-corrected chi connectivity index (χ0v) is 12.4. The normalized spacial score (nSPS) is 17.8. The van der Waals surface area contributed by atoms with E-state index in [-0.39, 0.29) is 0 Å². The van der Waals surface area contributed by atoms with Crippen LogP contribution in [0.15, 0.2) is 53.0 Å². The van der Waals surface area contributed by atoms with Crippen LogP contribution in [0.2, 0.25) is 0 Å². The van der Waals surface area contributed by atoms with Gasteiger partial charge in [-0.3, -0.25) is 0 Å². The highest BCUT2D eigenvalue weighted by molar-refractivity contribution is 9.10. The molecule has 19 heavy (non-hydrogen) atoms. The second-order valence-corrected chi connectivity index (χ2v) is 5.97. The number of para-hydroxylation sites is 1. The van der Waals surface area contributed by atoms with Crippen molar-refractivity contribution in [3.05, 3.63) is 64.1 Å². The third-order valence-corrected chi connectivity index (χ3v) is 4.42. The maximum absolute atomic E-state index is 5.94. The SMILES string of the molecule is Brc1ccccc1OCC1CCc2ccccc2C1. The highest BCUT2D eigenvalue weighted by Gasteiger charge is 2.18. The van der Waals surface area contributed by atoms with Gasteiger partial charge in [-0.25, -0.2) is 0 Å². The van der Waals surface area contributed by atoms with Crippen LogP contribution in [0, 0.1) is 5.92 Å². The Morgan fingerprint density at radius 3 is 2.58 bits per heavy atom. The Morgan fingerprint density at radius 2 is 1.74 bits per heavy atom. The predicted molar refractivity (Wildman–Crippen MR) is 81.6 cm³/mol. The van der Waals surface area contributed by atoms with E-state index in [1.165, 1.54) is 24.0 Å². The summed E-state index contributed by atoms with van der Waals surface area (Å²) in [7, 11) is 0. The van der Waals surface area contributed by atoms with Gasteiger partial charge in [0, 0.05) is 0 Å². The first kappa shape index (κ1) is 12.7. The van der Waals surface area contributed by atoms with Crippen molar-refractivity contribution in [3.63, 3.8) is 0 Å². The quantitative estimate of drug-likeness (QED) is 0.802. The van der Waals surface area contributed by atoms with Crippen LogP contribution < -0.4 is 4.74 Å². The van der Waals surface area contributed by atoms with Gasteiger partial charge >= 0.3 is 0 Å². The van der Waals surface area contributed by atoms with E-state index in [4.69, 9.17) is 4.74 Å². The summed E-state index contributed by atoms with van der Waals surface area (Å²) in [6.45, 7) is 0.803. The predicted octanol–water partition coefficient (Wildman–Crippen LogP) is 4.63. The minimum absolute atomic E-state index is 0.627. The molecule has 0 heterocycles. The summed E-state index contributed by atoms with van der Waals surface area (Å²) in [5.41, 5.74) is 3.01. The molecule has 0 aliphatic heterocycles. The van der Waals surface area contributed by atoms with Gasteiger partial charge in [-0.05, 0) is 64.4 Å². The Hall–Kier alpha value is -1.28. The topological polar surface area (TPSA) is 9.23 Å². The van der Waals surface area contributed by atoms with Crippen LogP contribution in [0.3, 0.4) is 0 Å². The van der Waals surface area contributed by atoms with Crippen molar-refractivity contribution in [3.8, 4) is 5.75 Å². The van der Waals surface area contributed by atoms with Crippen LogP contribution in [0.1, 0.15) is 17.5 Å². The van der Waals surface area contributed by atoms with E-state index in [0.29, 0.717) is 5.92 Å².